The molecule has 1 aromatic heterocycles. The maximum Gasteiger partial charge on any atom is 0.280 e. The summed E-state index contributed by atoms with van der Waals surface area (Å²) < 4.78 is 5.46. The lowest BCUT2D eigenvalue weighted by Crippen LogP contribution is -2.12. The molecule has 0 atom stereocenters. The molecule has 0 amide bonds. The Morgan fingerprint density at radius 2 is 2.31 bits per heavy atom. The zero-order valence-electron chi connectivity index (χ0n) is 9.25. The molecule has 5 nitrogen and oxygen atoms in total. The summed E-state index contributed by atoms with van der Waals surface area (Å²) in [5.74, 6) is 0. The highest BCUT2D eigenvalue weighted by Gasteiger charge is 2.02. The van der Waals surface area contributed by atoms with E-state index in [0.29, 0.717) is 4.47 Å². The first-order valence-electron chi connectivity index (χ1n) is 5.21. The standard InChI is InChI=1S/C10H16BrN3O2/c1-16-6-4-2-3-5-12-8-7-13-14-10(15)9(8)11/h7H,2-6H2,1H3,(H2,12,14,15). The Kier molecular flexibility index (Phi) is 6.10. The van der Waals surface area contributed by atoms with Crippen LogP contribution in [0.3, 0.4) is 0 Å². The average molecular weight is 290 g/mol. The van der Waals surface area contributed by atoms with Crippen molar-refractivity contribution in [3.63, 3.8) is 0 Å². The minimum atomic E-state index is -0.218. The van der Waals surface area contributed by atoms with E-state index in [4.69, 9.17) is 4.74 Å². The number of anilines is 1. The first-order valence-corrected chi connectivity index (χ1v) is 6.01. The predicted molar refractivity (Wildman–Crippen MR) is 66.8 cm³/mol. The number of hydrogen-bond acceptors (Lipinski definition) is 4. The van der Waals surface area contributed by atoms with Crippen LogP contribution in [0, 0.1) is 0 Å². The molecule has 1 rings (SSSR count). The zero-order valence-corrected chi connectivity index (χ0v) is 10.8. The van der Waals surface area contributed by atoms with Crippen LogP contribution in [-0.4, -0.2) is 30.5 Å². The van der Waals surface area contributed by atoms with Gasteiger partial charge in [0.15, 0.2) is 0 Å². The van der Waals surface area contributed by atoms with Gasteiger partial charge in [0.05, 0.1) is 11.9 Å². The van der Waals surface area contributed by atoms with Gasteiger partial charge in [-0.3, -0.25) is 4.79 Å². The van der Waals surface area contributed by atoms with Crippen molar-refractivity contribution in [2.75, 3.05) is 25.6 Å². The third-order valence-corrected chi connectivity index (χ3v) is 2.92. The molecule has 0 aliphatic carbocycles. The van der Waals surface area contributed by atoms with Crippen LogP contribution in [0.25, 0.3) is 0 Å². The Balaban J connectivity index is 2.27. The highest BCUT2D eigenvalue weighted by atomic mass is 79.9. The summed E-state index contributed by atoms with van der Waals surface area (Å²) in [6.45, 7) is 1.63. The van der Waals surface area contributed by atoms with Gasteiger partial charge in [0.25, 0.3) is 5.56 Å². The molecule has 0 saturated carbocycles. The number of unbranched alkanes of at least 4 members (excludes halogenated alkanes) is 2. The molecule has 0 fully saturated rings. The van der Waals surface area contributed by atoms with Gasteiger partial charge in [-0.1, -0.05) is 0 Å². The number of rotatable bonds is 7. The largest absolute Gasteiger partial charge is 0.385 e. The van der Waals surface area contributed by atoms with Crippen molar-refractivity contribution in [3.05, 3.63) is 21.0 Å². The minimum absolute atomic E-state index is 0.218. The van der Waals surface area contributed by atoms with Crippen molar-refractivity contribution in [1.82, 2.24) is 10.2 Å². The Labute approximate surface area is 103 Å². The first-order chi connectivity index (χ1) is 7.75. The summed E-state index contributed by atoms with van der Waals surface area (Å²) in [5.41, 5.74) is 0.514. The number of nitrogens with zero attached hydrogens (tertiary/aromatic N) is 1. The summed E-state index contributed by atoms with van der Waals surface area (Å²) in [5, 5.41) is 9.23. The quantitative estimate of drug-likeness (QED) is 0.751. The van der Waals surface area contributed by atoms with Crippen LogP contribution < -0.4 is 10.9 Å². The van der Waals surface area contributed by atoms with Gasteiger partial charge in [-0.05, 0) is 35.2 Å². The lowest BCUT2D eigenvalue weighted by molar-refractivity contribution is 0.192. The molecule has 90 valence electrons. The molecule has 0 bridgehead atoms. The van der Waals surface area contributed by atoms with E-state index in [1.54, 1.807) is 13.3 Å². The van der Waals surface area contributed by atoms with E-state index in [-0.39, 0.29) is 5.56 Å². The van der Waals surface area contributed by atoms with Crippen LogP contribution in [0.5, 0.6) is 0 Å². The van der Waals surface area contributed by atoms with E-state index in [1.165, 1.54) is 0 Å². The summed E-state index contributed by atoms with van der Waals surface area (Å²) in [6, 6.07) is 0. The zero-order chi connectivity index (χ0) is 11.8. The number of hydrogen-bond donors (Lipinski definition) is 2. The van der Waals surface area contributed by atoms with E-state index in [2.05, 4.69) is 31.4 Å². The Bertz CT molecular complexity index is 367. The van der Waals surface area contributed by atoms with Crippen LogP contribution in [0.2, 0.25) is 0 Å². The Hall–Kier alpha value is -0.880. The van der Waals surface area contributed by atoms with Gasteiger partial charge >= 0.3 is 0 Å². The fraction of sp³-hybridized carbons (Fsp3) is 0.600. The van der Waals surface area contributed by atoms with E-state index in [9.17, 15) is 4.79 Å². The molecule has 0 saturated heterocycles. The summed E-state index contributed by atoms with van der Waals surface area (Å²) in [6.07, 6.45) is 4.81. The van der Waals surface area contributed by atoms with Crippen LogP contribution in [0.4, 0.5) is 5.69 Å². The van der Waals surface area contributed by atoms with Crippen molar-refractivity contribution in [1.29, 1.82) is 0 Å². The molecular weight excluding hydrogens is 274 g/mol. The van der Waals surface area contributed by atoms with Crippen LogP contribution in [0.1, 0.15) is 19.3 Å². The maximum atomic E-state index is 11.2. The molecular formula is C10H16BrN3O2. The highest BCUT2D eigenvalue weighted by molar-refractivity contribution is 9.10. The Morgan fingerprint density at radius 3 is 3.06 bits per heavy atom. The molecule has 0 aromatic carbocycles. The molecule has 2 N–H and O–H groups in total. The topological polar surface area (TPSA) is 67.0 Å². The summed E-state index contributed by atoms with van der Waals surface area (Å²) >= 11 is 3.21. The number of H-pyrrole nitrogens is 1. The summed E-state index contributed by atoms with van der Waals surface area (Å²) in [4.78, 5) is 11.2. The molecule has 0 aliphatic rings. The molecule has 1 aromatic rings. The third-order valence-electron chi connectivity index (χ3n) is 2.14. The molecule has 0 radical (unpaired) electrons. The number of halogens is 1. The third kappa shape index (κ3) is 4.32. The fourth-order valence-corrected chi connectivity index (χ4v) is 1.61. The molecule has 0 aliphatic heterocycles. The van der Waals surface area contributed by atoms with Gasteiger partial charge in [0.1, 0.15) is 4.47 Å². The van der Waals surface area contributed by atoms with Gasteiger partial charge in [-0.25, -0.2) is 5.10 Å². The normalized spacial score (nSPS) is 10.4. The van der Waals surface area contributed by atoms with Gasteiger partial charge in [-0.2, -0.15) is 5.10 Å². The number of nitrogens with one attached hydrogen (secondary N) is 2. The number of ether oxygens (including phenoxy) is 1. The number of methoxy groups -OCH3 is 1. The van der Waals surface area contributed by atoms with Gasteiger partial charge in [0.2, 0.25) is 0 Å². The second kappa shape index (κ2) is 7.40. The van der Waals surface area contributed by atoms with Gasteiger partial charge < -0.3 is 10.1 Å². The molecule has 16 heavy (non-hydrogen) atoms. The van der Waals surface area contributed by atoms with Crippen LogP contribution in [0.15, 0.2) is 15.5 Å². The number of aromatic amines is 1. The lowest BCUT2D eigenvalue weighted by Gasteiger charge is -2.06. The monoisotopic (exact) mass is 289 g/mol. The molecule has 6 heteroatoms. The smallest absolute Gasteiger partial charge is 0.280 e. The van der Waals surface area contributed by atoms with E-state index < -0.39 is 0 Å². The lowest BCUT2D eigenvalue weighted by atomic mass is 10.2. The average Bonchev–Trinajstić information content (AvgIpc) is 2.29. The maximum absolute atomic E-state index is 11.2. The first kappa shape index (κ1) is 13.2. The second-order valence-corrected chi connectivity index (χ2v) is 4.20. The SMILES string of the molecule is COCCCCCNc1cn[nH]c(=O)c1Br. The van der Waals surface area contributed by atoms with E-state index in [1.807, 2.05) is 0 Å². The van der Waals surface area contributed by atoms with Crippen LogP contribution >= 0.6 is 15.9 Å². The fourth-order valence-electron chi connectivity index (χ4n) is 1.28. The van der Waals surface area contributed by atoms with Gasteiger partial charge in [-0.15, -0.1) is 0 Å². The predicted octanol–water partition coefficient (Wildman–Crippen LogP) is 1.76. The van der Waals surface area contributed by atoms with Gasteiger partial charge in [0, 0.05) is 20.3 Å². The van der Waals surface area contributed by atoms with Crippen molar-refractivity contribution >= 4 is 21.6 Å². The second-order valence-electron chi connectivity index (χ2n) is 3.41. The Morgan fingerprint density at radius 1 is 1.50 bits per heavy atom. The molecule has 0 spiro atoms. The van der Waals surface area contributed by atoms with Crippen molar-refractivity contribution in [3.8, 4) is 0 Å². The molecule has 0 unspecified atom stereocenters. The molecule has 1 heterocycles. The highest BCUT2D eigenvalue weighted by Crippen LogP contribution is 2.15. The minimum Gasteiger partial charge on any atom is -0.385 e. The summed E-state index contributed by atoms with van der Waals surface area (Å²) in [7, 11) is 1.71. The van der Waals surface area contributed by atoms with Crippen molar-refractivity contribution in [2.24, 2.45) is 0 Å². The van der Waals surface area contributed by atoms with Crippen molar-refractivity contribution in [2.45, 2.75) is 19.3 Å². The van der Waals surface area contributed by atoms with E-state index in [0.717, 1.165) is 38.1 Å². The van der Waals surface area contributed by atoms with Crippen LogP contribution in [-0.2, 0) is 4.74 Å². The number of aromatic nitrogens is 2. The van der Waals surface area contributed by atoms with Crippen molar-refractivity contribution < 1.29 is 4.74 Å². The van der Waals surface area contributed by atoms with E-state index >= 15 is 0 Å².